The van der Waals surface area contributed by atoms with E-state index in [-0.39, 0.29) is 11.1 Å². The zero-order valence-electron chi connectivity index (χ0n) is 15.1. The monoisotopic (exact) mass is 431 g/mol. The lowest BCUT2D eigenvalue weighted by atomic mass is 10.0. The Labute approximate surface area is 165 Å². The van der Waals surface area contributed by atoms with Crippen molar-refractivity contribution in [3.8, 4) is 16.9 Å². The predicted molar refractivity (Wildman–Crippen MR) is 90.5 cm³/mol. The summed E-state index contributed by atoms with van der Waals surface area (Å²) in [5.41, 5.74) is 1.41. The second kappa shape index (κ2) is 8.05. The van der Waals surface area contributed by atoms with Crippen LogP contribution in [0.3, 0.4) is 0 Å². The van der Waals surface area contributed by atoms with Gasteiger partial charge in [-0.25, -0.2) is 14.2 Å². The van der Waals surface area contributed by atoms with E-state index >= 15 is 0 Å². The predicted octanol–water partition coefficient (Wildman–Crippen LogP) is 3.27. The third kappa shape index (κ3) is 4.53. The summed E-state index contributed by atoms with van der Waals surface area (Å²) in [4.78, 5) is 12.2. The number of carbonyl (C=O) groups excluding carboxylic acids is 1. The Hall–Kier alpha value is -3.57. The van der Waals surface area contributed by atoms with E-state index in [2.05, 4.69) is 15.3 Å². The molecule has 6 nitrogen and oxygen atoms in total. The van der Waals surface area contributed by atoms with Gasteiger partial charge in [0.05, 0.1) is 12.6 Å². The smallest absolute Gasteiger partial charge is 0.428 e. The summed E-state index contributed by atoms with van der Waals surface area (Å²) in [5.74, 6) is -3.62. The quantitative estimate of drug-likeness (QED) is 0.482. The fourth-order valence-corrected chi connectivity index (χ4v) is 2.49. The highest BCUT2D eigenvalue weighted by molar-refractivity contribution is 5.99. The van der Waals surface area contributed by atoms with E-state index in [1.54, 1.807) is 7.05 Å². The molecule has 3 rings (SSSR count). The molecule has 0 saturated carbocycles. The van der Waals surface area contributed by atoms with Crippen molar-refractivity contribution in [2.75, 3.05) is 5.43 Å². The van der Waals surface area contributed by atoms with Crippen LogP contribution in [0.5, 0.6) is 5.75 Å². The molecule has 1 heterocycles. The van der Waals surface area contributed by atoms with Crippen LogP contribution in [0, 0.1) is 11.6 Å². The zero-order chi connectivity index (χ0) is 22.1. The molecule has 0 spiro atoms. The Morgan fingerprint density at radius 1 is 1.17 bits per heavy atom. The number of amides is 1. The van der Waals surface area contributed by atoms with Gasteiger partial charge in [-0.2, -0.15) is 17.6 Å². The number of hydrogen-bond donors (Lipinski definition) is 1. The van der Waals surface area contributed by atoms with Gasteiger partial charge in [0.2, 0.25) is 6.33 Å². The summed E-state index contributed by atoms with van der Waals surface area (Å²) < 4.78 is 85.6. The standard InChI is InChI=1S/C18H12F6N4O2/c1-27-9-28(8-25-27)26-16(29)11-6-13(19)15(14(20)7-11)10-2-4-12(5-3-10)30-18(23,24)17(21)22/h2-9,17H,1H3/p+1. The Kier molecular flexibility index (Phi) is 5.67. The number of aryl methyl sites for hydroxylation is 1. The van der Waals surface area contributed by atoms with Gasteiger partial charge in [-0.1, -0.05) is 12.1 Å². The first-order valence-electron chi connectivity index (χ1n) is 8.22. The summed E-state index contributed by atoms with van der Waals surface area (Å²) in [6.07, 6.45) is -6.09. The van der Waals surface area contributed by atoms with E-state index in [9.17, 15) is 31.1 Å². The van der Waals surface area contributed by atoms with Crippen molar-refractivity contribution in [3.63, 3.8) is 0 Å². The molecule has 0 aliphatic rings. The van der Waals surface area contributed by atoms with Crippen LogP contribution in [0.2, 0.25) is 0 Å². The fraction of sp³-hybridized carbons (Fsp3) is 0.167. The van der Waals surface area contributed by atoms with Crippen molar-refractivity contribution in [2.45, 2.75) is 12.5 Å². The van der Waals surface area contributed by atoms with Crippen molar-refractivity contribution in [3.05, 3.63) is 66.3 Å². The largest absolute Gasteiger partial charge is 0.461 e. The molecular formula is C18H13F6N4O2+. The summed E-state index contributed by atoms with van der Waals surface area (Å²) in [6.45, 7) is 0. The van der Waals surface area contributed by atoms with Crippen molar-refractivity contribution in [2.24, 2.45) is 7.05 Å². The molecule has 0 unspecified atom stereocenters. The molecule has 3 aromatic rings. The lowest BCUT2D eigenvalue weighted by Gasteiger charge is -2.17. The Morgan fingerprint density at radius 2 is 1.77 bits per heavy atom. The van der Waals surface area contributed by atoms with E-state index in [1.165, 1.54) is 22.0 Å². The topological polar surface area (TPSA) is 60.0 Å². The summed E-state index contributed by atoms with van der Waals surface area (Å²) >= 11 is 0. The third-order valence-electron chi connectivity index (χ3n) is 3.84. The van der Waals surface area contributed by atoms with E-state index in [0.717, 1.165) is 36.4 Å². The van der Waals surface area contributed by atoms with Gasteiger partial charge < -0.3 is 4.74 Å². The van der Waals surface area contributed by atoms with Crippen LogP contribution in [0.1, 0.15) is 10.4 Å². The number of carbonyl (C=O) groups is 1. The number of hydrogen-bond acceptors (Lipinski definition) is 3. The maximum absolute atomic E-state index is 14.5. The third-order valence-corrected chi connectivity index (χ3v) is 3.84. The van der Waals surface area contributed by atoms with Gasteiger partial charge >= 0.3 is 12.5 Å². The minimum Gasteiger partial charge on any atom is -0.428 e. The van der Waals surface area contributed by atoms with E-state index in [4.69, 9.17) is 0 Å². The molecule has 0 atom stereocenters. The van der Waals surface area contributed by atoms with E-state index < -0.39 is 41.4 Å². The number of aromatic nitrogens is 3. The number of nitrogens with one attached hydrogen (secondary N) is 1. The molecule has 30 heavy (non-hydrogen) atoms. The van der Waals surface area contributed by atoms with Crippen LogP contribution in [-0.4, -0.2) is 28.2 Å². The molecule has 1 amide bonds. The van der Waals surface area contributed by atoms with Crippen LogP contribution in [-0.2, 0) is 7.05 Å². The number of alkyl halides is 4. The Morgan fingerprint density at radius 3 is 2.27 bits per heavy atom. The summed E-state index contributed by atoms with van der Waals surface area (Å²) in [6, 6.07) is 5.35. The summed E-state index contributed by atoms with van der Waals surface area (Å²) in [7, 11) is 1.60. The van der Waals surface area contributed by atoms with Gasteiger partial charge in [-0.15, -0.1) is 9.36 Å². The number of nitrogens with zero attached hydrogens (tertiary/aromatic N) is 3. The van der Waals surface area contributed by atoms with Crippen LogP contribution in [0.4, 0.5) is 26.3 Å². The van der Waals surface area contributed by atoms with Crippen LogP contribution >= 0.6 is 0 Å². The first-order valence-corrected chi connectivity index (χ1v) is 8.22. The number of benzene rings is 2. The van der Waals surface area contributed by atoms with Gasteiger partial charge in [-0.05, 0) is 29.8 Å². The SMILES string of the molecule is Cn1c[n+](NC(=O)c2cc(F)c(-c3ccc(OC(F)(F)C(F)F)cc3)c(F)c2)cn1. The zero-order valence-corrected chi connectivity index (χ0v) is 15.1. The minimum absolute atomic E-state index is 0.0775. The average molecular weight is 431 g/mol. The minimum atomic E-state index is -4.71. The molecule has 1 N–H and O–H groups in total. The summed E-state index contributed by atoms with van der Waals surface area (Å²) in [5, 5.41) is 3.81. The number of ether oxygens (including phenoxy) is 1. The van der Waals surface area contributed by atoms with E-state index in [1.807, 2.05) is 0 Å². The molecule has 0 saturated heterocycles. The molecule has 0 fully saturated rings. The highest BCUT2D eigenvalue weighted by atomic mass is 19.3. The molecule has 1 aromatic heterocycles. The van der Waals surface area contributed by atoms with E-state index in [0.29, 0.717) is 0 Å². The Balaban J connectivity index is 1.82. The van der Waals surface area contributed by atoms with Gasteiger partial charge in [0.25, 0.3) is 12.2 Å². The van der Waals surface area contributed by atoms with Crippen molar-refractivity contribution < 1.29 is 40.5 Å². The molecule has 12 heteroatoms. The first kappa shape index (κ1) is 21.1. The highest BCUT2D eigenvalue weighted by Crippen LogP contribution is 2.31. The number of rotatable bonds is 6. The molecule has 0 bridgehead atoms. The van der Waals surface area contributed by atoms with Crippen molar-refractivity contribution in [1.82, 2.24) is 9.78 Å². The molecular weight excluding hydrogens is 418 g/mol. The molecule has 0 aliphatic carbocycles. The van der Waals surface area contributed by atoms with Gasteiger partial charge in [0, 0.05) is 10.7 Å². The molecule has 2 aromatic carbocycles. The number of halogens is 6. The van der Waals surface area contributed by atoms with Gasteiger partial charge in [0.1, 0.15) is 17.4 Å². The average Bonchev–Trinajstić information content (AvgIpc) is 3.06. The first-order chi connectivity index (χ1) is 14.1. The van der Waals surface area contributed by atoms with Crippen LogP contribution in [0.15, 0.2) is 49.1 Å². The molecule has 0 radical (unpaired) electrons. The van der Waals surface area contributed by atoms with Gasteiger partial charge in [-0.3, -0.25) is 4.79 Å². The molecule has 0 aliphatic heterocycles. The maximum Gasteiger partial charge on any atom is 0.461 e. The second-order valence-corrected chi connectivity index (χ2v) is 6.07. The maximum atomic E-state index is 14.5. The van der Waals surface area contributed by atoms with Crippen LogP contribution in [0.25, 0.3) is 11.1 Å². The van der Waals surface area contributed by atoms with Gasteiger partial charge in [0.15, 0.2) is 0 Å². The Bertz CT molecular complexity index is 1050. The fourth-order valence-electron chi connectivity index (χ4n) is 2.49. The normalized spacial score (nSPS) is 11.6. The van der Waals surface area contributed by atoms with Crippen LogP contribution < -0.4 is 14.8 Å². The van der Waals surface area contributed by atoms with Crippen molar-refractivity contribution >= 4 is 5.91 Å². The lowest BCUT2D eigenvalue weighted by Crippen LogP contribution is -2.46. The highest BCUT2D eigenvalue weighted by Gasteiger charge is 2.43. The molecule has 158 valence electrons. The second-order valence-electron chi connectivity index (χ2n) is 6.07. The lowest BCUT2D eigenvalue weighted by molar-refractivity contribution is -0.642. The van der Waals surface area contributed by atoms with Crippen molar-refractivity contribution in [1.29, 1.82) is 0 Å².